The van der Waals surface area contributed by atoms with Gasteiger partial charge in [-0.2, -0.15) is 0 Å². The van der Waals surface area contributed by atoms with Crippen molar-refractivity contribution >= 4 is 29.7 Å². The first-order chi connectivity index (χ1) is 15.9. The number of aromatic nitrogens is 2. The number of aromatic amines is 1. The van der Waals surface area contributed by atoms with Gasteiger partial charge in [-0.15, -0.1) is 0 Å². The minimum Gasteiger partial charge on any atom is -0.480 e. The first kappa shape index (κ1) is 28.4. The molecule has 0 fully saturated rings. The highest BCUT2D eigenvalue weighted by molar-refractivity contribution is 5.94. The molecule has 0 aliphatic carbocycles. The number of carboxylic acids is 1. The second-order valence-corrected chi connectivity index (χ2v) is 8.20. The summed E-state index contributed by atoms with van der Waals surface area (Å²) in [4.78, 5) is 59.8. The van der Waals surface area contributed by atoms with Gasteiger partial charge in [-0.3, -0.25) is 24.2 Å². The number of hydrogen-bond acceptors (Lipinski definition) is 7. The topological polar surface area (TPSA) is 244 Å². The van der Waals surface area contributed by atoms with Crippen LogP contribution in [0, 0.1) is 5.92 Å². The van der Waals surface area contributed by atoms with E-state index in [9.17, 15) is 19.2 Å². The molecule has 1 rings (SSSR count). The summed E-state index contributed by atoms with van der Waals surface area (Å²) in [6, 6.07) is -4.14. The molecule has 0 aromatic carbocycles. The predicted molar refractivity (Wildman–Crippen MR) is 124 cm³/mol. The van der Waals surface area contributed by atoms with Crippen molar-refractivity contribution in [1.82, 2.24) is 25.9 Å². The summed E-state index contributed by atoms with van der Waals surface area (Å²) in [6.07, 6.45) is 3.71. The van der Waals surface area contributed by atoms with Crippen LogP contribution in [0.3, 0.4) is 0 Å². The summed E-state index contributed by atoms with van der Waals surface area (Å²) in [5, 5.41) is 16.6. The molecular weight excluding hydrogens is 446 g/mol. The maximum absolute atomic E-state index is 13.0. The summed E-state index contributed by atoms with van der Waals surface area (Å²) < 4.78 is 0. The number of nitrogens with two attached hydrogens (primary N) is 3. The number of hydrogen-bond donors (Lipinski definition) is 8. The number of carboxylic acid groups (broad SMARTS) is 1. The Balaban J connectivity index is 2.91. The second kappa shape index (κ2) is 13.8. The largest absolute Gasteiger partial charge is 0.480 e. The van der Waals surface area contributed by atoms with E-state index in [4.69, 9.17) is 22.3 Å². The van der Waals surface area contributed by atoms with Crippen molar-refractivity contribution in [2.75, 3.05) is 6.54 Å². The van der Waals surface area contributed by atoms with E-state index in [-0.39, 0.29) is 31.3 Å². The van der Waals surface area contributed by atoms with E-state index < -0.39 is 47.9 Å². The number of guanidine groups is 1. The van der Waals surface area contributed by atoms with Gasteiger partial charge in [0.15, 0.2) is 5.96 Å². The van der Waals surface area contributed by atoms with Crippen molar-refractivity contribution in [3.8, 4) is 0 Å². The van der Waals surface area contributed by atoms with Gasteiger partial charge in [-0.1, -0.05) is 13.8 Å². The first-order valence-corrected chi connectivity index (χ1v) is 10.8. The van der Waals surface area contributed by atoms with Crippen molar-refractivity contribution in [3.63, 3.8) is 0 Å². The predicted octanol–water partition coefficient (Wildman–Crippen LogP) is -2.45. The Bertz CT molecular complexity index is 853. The highest BCUT2D eigenvalue weighted by Gasteiger charge is 2.31. The molecular formula is C20H35N9O5. The van der Waals surface area contributed by atoms with Gasteiger partial charge in [0.2, 0.25) is 17.7 Å². The molecule has 0 radical (unpaired) electrons. The van der Waals surface area contributed by atoms with E-state index in [0.717, 1.165) is 0 Å². The summed E-state index contributed by atoms with van der Waals surface area (Å²) in [7, 11) is 0. The third-order valence-corrected chi connectivity index (χ3v) is 4.89. The SMILES string of the molecule is CC(NC(=O)C(NC(=O)C(CCCN=C(N)N)NC(=O)C(N)Cc1cnc[nH]1)C(C)C)C(=O)O. The van der Waals surface area contributed by atoms with E-state index in [2.05, 4.69) is 30.9 Å². The molecule has 0 bridgehead atoms. The fraction of sp³-hybridized carbons (Fsp3) is 0.600. The molecule has 1 aromatic heterocycles. The minimum absolute atomic E-state index is 0.101. The molecule has 0 spiro atoms. The Morgan fingerprint density at radius 1 is 1.09 bits per heavy atom. The smallest absolute Gasteiger partial charge is 0.325 e. The van der Waals surface area contributed by atoms with Crippen LogP contribution in [0.5, 0.6) is 0 Å². The van der Waals surface area contributed by atoms with Gasteiger partial charge in [0.25, 0.3) is 0 Å². The number of nitrogens with one attached hydrogen (secondary N) is 4. The fourth-order valence-corrected chi connectivity index (χ4v) is 2.93. The van der Waals surface area contributed by atoms with Crippen molar-refractivity contribution in [2.45, 2.75) is 64.2 Å². The van der Waals surface area contributed by atoms with Crippen LogP contribution in [0.4, 0.5) is 0 Å². The average molecular weight is 482 g/mol. The molecule has 34 heavy (non-hydrogen) atoms. The maximum Gasteiger partial charge on any atom is 0.325 e. The lowest BCUT2D eigenvalue weighted by Crippen LogP contribution is -2.58. The Morgan fingerprint density at radius 2 is 1.76 bits per heavy atom. The quantitative estimate of drug-likeness (QED) is 0.0797. The van der Waals surface area contributed by atoms with Gasteiger partial charge < -0.3 is 43.2 Å². The van der Waals surface area contributed by atoms with Crippen LogP contribution in [0.25, 0.3) is 0 Å². The zero-order valence-electron chi connectivity index (χ0n) is 19.6. The highest BCUT2D eigenvalue weighted by Crippen LogP contribution is 2.07. The van der Waals surface area contributed by atoms with Crippen LogP contribution >= 0.6 is 0 Å². The molecule has 190 valence electrons. The Hall–Kier alpha value is -3.68. The van der Waals surface area contributed by atoms with Crippen LogP contribution in [-0.4, -0.2) is 75.4 Å². The number of aliphatic carboxylic acids is 1. The van der Waals surface area contributed by atoms with E-state index in [0.29, 0.717) is 12.1 Å². The van der Waals surface area contributed by atoms with Crippen LogP contribution in [0.1, 0.15) is 39.3 Å². The van der Waals surface area contributed by atoms with Gasteiger partial charge in [-0.25, -0.2) is 4.98 Å². The van der Waals surface area contributed by atoms with Gasteiger partial charge >= 0.3 is 5.97 Å². The number of nitrogens with zero attached hydrogens (tertiary/aromatic N) is 2. The summed E-state index contributed by atoms with van der Waals surface area (Å²) in [6.45, 7) is 4.94. The molecule has 0 aliphatic rings. The molecule has 4 unspecified atom stereocenters. The highest BCUT2D eigenvalue weighted by atomic mass is 16.4. The second-order valence-electron chi connectivity index (χ2n) is 8.20. The van der Waals surface area contributed by atoms with Gasteiger partial charge in [0, 0.05) is 24.9 Å². The zero-order chi connectivity index (χ0) is 25.8. The minimum atomic E-state index is -1.21. The van der Waals surface area contributed by atoms with Crippen LogP contribution < -0.4 is 33.2 Å². The molecule has 0 saturated heterocycles. The van der Waals surface area contributed by atoms with Crippen molar-refractivity contribution in [2.24, 2.45) is 28.1 Å². The fourth-order valence-electron chi connectivity index (χ4n) is 2.93. The van der Waals surface area contributed by atoms with Gasteiger partial charge in [0.1, 0.15) is 18.1 Å². The Labute approximate surface area is 197 Å². The maximum atomic E-state index is 13.0. The summed E-state index contributed by atoms with van der Waals surface area (Å²) >= 11 is 0. The van der Waals surface area contributed by atoms with Crippen molar-refractivity contribution < 1.29 is 24.3 Å². The molecule has 3 amide bonds. The number of H-pyrrole nitrogens is 1. The molecule has 14 nitrogen and oxygen atoms in total. The zero-order valence-corrected chi connectivity index (χ0v) is 19.6. The standard InChI is InChI=1S/C20H35N9O5/c1-10(2)15(18(32)27-11(3)19(33)34)29-17(31)14(5-4-6-25-20(22)23)28-16(30)13(21)7-12-8-24-9-26-12/h8-11,13-15H,4-7,21H2,1-3H3,(H,24,26)(H,27,32)(H,28,30)(H,29,31)(H,33,34)(H4,22,23,25). The molecule has 1 aromatic rings. The first-order valence-electron chi connectivity index (χ1n) is 10.8. The lowest BCUT2D eigenvalue weighted by molar-refractivity contribution is -0.142. The van der Waals surface area contributed by atoms with E-state index in [1.54, 1.807) is 13.8 Å². The van der Waals surface area contributed by atoms with E-state index in [1.807, 2.05) is 0 Å². The van der Waals surface area contributed by atoms with Crippen molar-refractivity contribution in [1.29, 1.82) is 0 Å². The lowest BCUT2D eigenvalue weighted by atomic mass is 10.0. The van der Waals surface area contributed by atoms with Crippen molar-refractivity contribution in [3.05, 3.63) is 18.2 Å². The number of aliphatic imine (C=N–C) groups is 1. The summed E-state index contributed by atoms with van der Waals surface area (Å²) in [5.41, 5.74) is 17.2. The number of imidazole rings is 1. The number of rotatable bonds is 14. The normalized spacial score (nSPS) is 14.4. The third kappa shape index (κ3) is 9.85. The molecule has 11 N–H and O–H groups in total. The van der Waals surface area contributed by atoms with Gasteiger partial charge in [0.05, 0.1) is 12.4 Å². The third-order valence-electron chi connectivity index (χ3n) is 4.89. The number of amides is 3. The number of carbonyl (C=O) groups excluding carboxylic acids is 3. The Morgan fingerprint density at radius 3 is 2.29 bits per heavy atom. The van der Waals surface area contributed by atoms with Crippen LogP contribution in [-0.2, 0) is 25.6 Å². The van der Waals surface area contributed by atoms with Crippen LogP contribution in [0.2, 0.25) is 0 Å². The Kier molecular flexibility index (Phi) is 11.5. The monoisotopic (exact) mass is 481 g/mol. The van der Waals surface area contributed by atoms with E-state index >= 15 is 0 Å². The van der Waals surface area contributed by atoms with Crippen LogP contribution in [0.15, 0.2) is 17.5 Å². The van der Waals surface area contributed by atoms with Gasteiger partial charge in [-0.05, 0) is 25.7 Å². The molecule has 0 saturated carbocycles. The van der Waals surface area contributed by atoms with E-state index in [1.165, 1.54) is 19.4 Å². The average Bonchev–Trinajstić information content (AvgIpc) is 3.26. The molecule has 4 atom stereocenters. The summed E-state index contributed by atoms with van der Waals surface area (Å²) in [5.74, 6) is -3.51. The lowest BCUT2D eigenvalue weighted by Gasteiger charge is -2.26. The molecule has 1 heterocycles. The number of carbonyl (C=O) groups is 4. The molecule has 14 heteroatoms. The molecule has 0 aliphatic heterocycles.